The summed E-state index contributed by atoms with van der Waals surface area (Å²) in [6.07, 6.45) is 1.87. The van der Waals surface area contributed by atoms with E-state index in [1.807, 2.05) is 85.7 Å². The second-order valence-corrected chi connectivity index (χ2v) is 10.8. The minimum Gasteiger partial charge on any atom is -0.463 e. The predicted octanol–water partition coefficient (Wildman–Crippen LogP) is 4.78. The molecule has 0 saturated heterocycles. The molecular weight excluding hydrogens is 550 g/mol. The molecule has 2 heterocycles. The average molecular weight is 577 g/mol. The lowest BCUT2D eigenvalue weighted by atomic mass is 9.91. The van der Waals surface area contributed by atoms with Gasteiger partial charge in [0.2, 0.25) is 0 Å². The fourth-order valence-corrected chi connectivity index (χ4v) is 6.50. The monoisotopic (exact) mass is 575 g/mol. The number of carbonyl (C=O) groups is 1. The van der Waals surface area contributed by atoms with Gasteiger partial charge in [-0.05, 0) is 69.9 Å². The lowest BCUT2D eigenvalue weighted by Gasteiger charge is -2.25. The Morgan fingerprint density at radius 1 is 1.16 bits per heavy atom. The largest absolute Gasteiger partial charge is 0.463 e. The van der Waals surface area contributed by atoms with E-state index < -0.39 is 12.0 Å². The lowest BCUT2D eigenvalue weighted by Crippen LogP contribution is -2.40. The number of halogens is 1. The van der Waals surface area contributed by atoms with Crippen molar-refractivity contribution < 1.29 is 9.53 Å². The van der Waals surface area contributed by atoms with Crippen LogP contribution in [0.25, 0.3) is 16.8 Å². The van der Waals surface area contributed by atoms with Gasteiger partial charge in [0.15, 0.2) is 4.80 Å². The van der Waals surface area contributed by atoms with Gasteiger partial charge in [-0.25, -0.2) is 9.79 Å². The number of thiazole rings is 1. The van der Waals surface area contributed by atoms with Crippen LogP contribution < -0.4 is 19.8 Å². The summed E-state index contributed by atoms with van der Waals surface area (Å²) in [7, 11) is 3.96. The second-order valence-electron chi connectivity index (χ2n) is 8.98. The molecule has 0 unspecified atom stereocenters. The van der Waals surface area contributed by atoms with Gasteiger partial charge in [-0.15, -0.1) is 0 Å². The fourth-order valence-electron chi connectivity index (χ4n) is 4.70. The average Bonchev–Trinajstić information content (AvgIpc) is 3.17. The fraction of sp³-hybridized carbons (Fsp3) is 0.207. The van der Waals surface area contributed by atoms with Gasteiger partial charge in [0.1, 0.15) is 0 Å². The van der Waals surface area contributed by atoms with Gasteiger partial charge < -0.3 is 9.64 Å². The molecule has 3 aromatic carbocycles. The summed E-state index contributed by atoms with van der Waals surface area (Å²) in [5.41, 5.74) is 3.55. The van der Waals surface area contributed by atoms with Crippen molar-refractivity contribution in [1.82, 2.24) is 4.57 Å². The maximum Gasteiger partial charge on any atom is 0.338 e. The number of esters is 1. The first-order valence-electron chi connectivity index (χ1n) is 11.9. The van der Waals surface area contributed by atoms with Crippen molar-refractivity contribution in [3.63, 3.8) is 0 Å². The molecule has 0 radical (unpaired) electrons. The van der Waals surface area contributed by atoms with E-state index in [2.05, 4.69) is 20.9 Å². The van der Waals surface area contributed by atoms with E-state index in [1.54, 1.807) is 18.4 Å². The van der Waals surface area contributed by atoms with E-state index in [0.29, 0.717) is 20.6 Å². The maximum atomic E-state index is 13.9. The van der Waals surface area contributed by atoms with E-state index in [0.717, 1.165) is 32.1 Å². The van der Waals surface area contributed by atoms with Crippen molar-refractivity contribution in [2.75, 3.05) is 25.6 Å². The molecule has 0 aliphatic carbocycles. The molecule has 1 atom stereocenters. The van der Waals surface area contributed by atoms with E-state index in [-0.39, 0.29) is 12.2 Å². The molecule has 0 spiro atoms. The van der Waals surface area contributed by atoms with Crippen LogP contribution in [0.3, 0.4) is 0 Å². The van der Waals surface area contributed by atoms with Crippen molar-refractivity contribution in [1.29, 1.82) is 0 Å². The van der Waals surface area contributed by atoms with Gasteiger partial charge in [0.25, 0.3) is 5.56 Å². The topological polar surface area (TPSA) is 63.9 Å². The molecule has 0 amide bonds. The van der Waals surface area contributed by atoms with Crippen LogP contribution in [0.5, 0.6) is 0 Å². The smallest absolute Gasteiger partial charge is 0.338 e. The van der Waals surface area contributed by atoms with Crippen molar-refractivity contribution >= 4 is 55.8 Å². The number of hydrogen-bond donors (Lipinski definition) is 0. The zero-order valence-corrected chi connectivity index (χ0v) is 23.4. The Hall–Kier alpha value is -3.49. The van der Waals surface area contributed by atoms with Gasteiger partial charge in [-0.3, -0.25) is 9.36 Å². The molecule has 0 bridgehead atoms. The molecule has 8 heteroatoms. The summed E-state index contributed by atoms with van der Waals surface area (Å²) < 4.78 is 8.56. The Morgan fingerprint density at radius 3 is 2.65 bits per heavy atom. The number of aromatic nitrogens is 1. The van der Waals surface area contributed by atoms with Gasteiger partial charge >= 0.3 is 5.97 Å². The van der Waals surface area contributed by atoms with Crippen LogP contribution in [-0.4, -0.2) is 31.2 Å². The number of allylic oxidation sites excluding steroid dienone is 1. The zero-order valence-electron chi connectivity index (χ0n) is 21.0. The van der Waals surface area contributed by atoms with E-state index in [9.17, 15) is 9.59 Å². The number of rotatable bonds is 5. The molecule has 0 N–H and O–H groups in total. The highest BCUT2D eigenvalue weighted by Crippen LogP contribution is 2.35. The van der Waals surface area contributed by atoms with Crippen LogP contribution in [0.2, 0.25) is 0 Å². The second kappa shape index (κ2) is 10.1. The molecule has 37 heavy (non-hydrogen) atoms. The third-order valence-corrected chi connectivity index (χ3v) is 8.00. The third-order valence-electron chi connectivity index (χ3n) is 6.39. The quantitative estimate of drug-likeness (QED) is 0.321. The van der Waals surface area contributed by atoms with E-state index in [1.165, 1.54) is 11.3 Å². The Morgan fingerprint density at radius 2 is 1.92 bits per heavy atom. The molecule has 188 valence electrons. The van der Waals surface area contributed by atoms with E-state index >= 15 is 0 Å². The highest BCUT2D eigenvalue weighted by atomic mass is 79.9. The molecular formula is C29H26BrN3O3S. The number of hydrogen-bond acceptors (Lipinski definition) is 6. The Labute approximate surface area is 227 Å². The van der Waals surface area contributed by atoms with E-state index in [4.69, 9.17) is 4.74 Å². The standard InChI is InChI=1S/C29H26BrN3O3S/c1-5-36-28(35)25-17(2)31-29-33(26(25)21-12-8-10-19-9-6-7-11-20(19)21)27(34)24(37-29)16-18-13-14-23(32(3)4)22(30)15-18/h6-16,26H,5H2,1-4H3/b24-16-/t26-/m0/s1. The highest BCUT2D eigenvalue weighted by molar-refractivity contribution is 9.10. The van der Waals surface area contributed by atoms with Gasteiger partial charge in [-0.1, -0.05) is 59.9 Å². The summed E-state index contributed by atoms with van der Waals surface area (Å²) in [5, 5.41) is 2.01. The van der Waals surface area contributed by atoms with Crippen LogP contribution in [0.15, 0.2) is 86.2 Å². The van der Waals surface area contributed by atoms with Gasteiger partial charge in [0.05, 0.1) is 34.1 Å². The summed E-state index contributed by atoms with van der Waals surface area (Å²) in [6, 6.07) is 19.3. The van der Waals surface area contributed by atoms with Crippen molar-refractivity contribution in [2.45, 2.75) is 19.9 Å². The lowest BCUT2D eigenvalue weighted by molar-refractivity contribution is -0.139. The molecule has 1 aliphatic rings. The Kier molecular flexibility index (Phi) is 6.88. The molecule has 6 nitrogen and oxygen atoms in total. The van der Waals surface area contributed by atoms with Crippen molar-refractivity contribution in [3.8, 4) is 0 Å². The maximum absolute atomic E-state index is 13.9. The first-order chi connectivity index (χ1) is 17.8. The number of carbonyl (C=O) groups excluding carboxylic acids is 1. The highest BCUT2D eigenvalue weighted by Gasteiger charge is 2.34. The summed E-state index contributed by atoms with van der Waals surface area (Å²) in [6.45, 7) is 3.81. The SMILES string of the molecule is CCOC(=O)C1=C(C)N=c2s/c(=C\c3ccc(N(C)C)c(Br)c3)c(=O)n2[C@H]1c1cccc2ccccc12. The van der Waals surface area contributed by atoms with Crippen LogP contribution in [-0.2, 0) is 9.53 Å². The molecule has 4 aromatic rings. The van der Waals surface area contributed by atoms with Gasteiger partial charge in [-0.2, -0.15) is 0 Å². The van der Waals surface area contributed by atoms with Crippen molar-refractivity contribution in [2.24, 2.45) is 4.99 Å². The molecule has 0 saturated carbocycles. The molecule has 1 aliphatic heterocycles. The van der Waals surface area contributed by atoms with Crippen LogP contribution in [0, 0.1) is 0 Å². The van der Waals surface area contributed by atoms with Crippen LogP contribution in [0.1, 0.15) is 31.0 Å². The molecule has 5 rings (SSSR count). The van der Waals surface area contributed by atoms with Crippen LogP contribution in [0.4, 0.5) is 5.69 Å². The number of anilines is 1. The summed E-state index contributed by atoms with van der Waals surface area (Å²) in [5.74, 6) is -0.459. The minimum absolute atomic E-state index is 0.191. The van der Waals surface area contributed by atoms with Crippen molar-refractivity contribution in [3.05, 3.63) is 107 Å². The normalized spacial score (nSPS) is 15.5. The summed E-state index contributed by atoms with van der Waals surface area (Å²) in [4.78, 5) is 34.4. The Balaban J connectivity index is 1.76. The van der Waals surface area contributed by atoms with Crippen LogP contribution >= 0.6 is 27.3 Å². The first kappa shape index (κ1) is 25.2. The third kappa shape index (κ3) is 4.55. The zero-order chi connectivity index (χ0) is 26.3. The first-order valence-corrected chi connectivity index (χ1v) is 13.5. The molecule has 1 aromatic heterocycles. The predicted molar refractivity (Wildman–Crippen MR) is 153 cm³/mol. The summed E-state index contributed by atoms with van der Waals surface area (Å²) >= 11 is 4.95. The number of fused-ring (bicyclic) bond motifs is 2. The molecule has 0 fully saturated rings. The number of nitrogens with zero attached hydrogens (tertiary/aromatic N) is 3. The number of benzene rings is 3. The number of ether oxygens (including phenoxy) is 1. The minimum atomic E-state index is -0.647. The Bertz CT molecular complexity index is 1750. The van der Waals surface area contributed by atoms with Gasteiger partial charge in [0, 0.05) is 18.6 Å².